The van der Waals surface area contributed by atoms with Gasteiger partial charge in [0.05, 0.1) is 0 Å². The minimum atomic E-state index is -0.214. The normalized spacial score (nSPS) is 12.9. The van der Waals surface area contributed by atoms with Gasteiger partial charge in [0.1, 0.15) is 0 Å². The van der Waals surface area contributed by atoms with Gasteiger partial charge in [-0.05, 0) is 20.3 Å². The van der Waals surface area contributed by atoms with Gasteiger partial charge in [0, 0.05) is 11.6 Å². The highest BCUT2D eigenvalue weighted by Crippen LogP contribution is 2.04. The molecular formula is C6H18Cl2N2. The Morgan fingerprint density at radius 1 is 1.30 bits per heavy atom. The molecule has 0 saturated carbocycles. The Labute approximate surface area is 75.5 Å². The average molecular weight is 189 g/mol. The predicted molar refractivity (Wildman–Crippen MR) is 51.0 cm³/mol. The summed E-state index contributed by atoms with van der Waals surface area (Å²) in [6.45, 7) is 5.93. The molecule has 1 atom stereocenters. The third-order valence-electron chi connectivity index (χ3n) is 1.40. The quantitative estimate of drug-likeness (QED) is 0.687. The second-order valence-electron chi connectivity index (χ2n) is 2.84. The van der Waals surface area contributed by atoms with Crippen LogP contribution in [0.25, 0.3) is 0 Å². The van der Waals surface area contributed by atoms with Crippen molar-refractivity contribution in [3.8, 4) is 0 Å². The fourth-order valence-corrected chi connectivity index (χ4v) is 0.526. The van der Waals surface area contributed by atoms with Crippen LogP contribution >= 0.6 is 24.8 Å². The van der Waals surface area contributed by atoms with Crippen molar-refractivity contribution in [3.63, 3.8) is 0 Å². The Hall–Kier alpha value is 0.500. The summed E-state index contributed by atoms with van der Waals surface area (Å²) in [5.41, 5.74) is 11.1. The maximum atomic E-state index is 5.66. The van der Waals surface area contributed by atoms with E-state index in [1.165, 1.54) is 0 Å². The Morgan fingerprint density at radius 2 is 1.60 bits per heavy atom. The van der Waals surface area contributed by atoms with E-state index in [0.717, 1.165) is 6.42 Å². The van der Waals surface area contributed by atoms with Crippen molar-refractivity contribution in [1.29, 1.82) is 0 Å². The number of nitrogens with two attached hydrogens (primary N) is 2. The molecule has 4 heteroatoms. The van der Waals surface area contributed by atoms with Crippen LogP contribution < -0.4 is 11.5 Å². The van der Waals surface area contributed by atoms with Gasteiger partial charge in [-0.1, -0.05) is 6.92 Å². The molecule has 0 aromatic heterocycles. The molecule has 10 heavy (non-hydrogen) atoms. The van der Waals surface area contributed by atoms with Crippen LogP contribution in [0.5, 0.6) is 0 Å². The zero-order valence-corrected chi connectivity index (χ0v) is 8.39. The summed E-state index contributed by atoms with van der Waals surface area (Å²) in [6.07, 6.45) is 0.948. The van der Waals surface area contributed by atoms with Gasteiger partial charge in [0.25, 0.3) is 0 Å². The van der Waals surface area contributed by atoms with Crippen molar-refractivity contribution in [1.82, 2.24) is 0 Å². The lowest BCUT2D eigenvalue weighted by molar-refractivity contribution is 0.400. The first-order valence-corrected chi connectivity index (χ1v) is 3.03. The average Bonchev–Trinajstić information content (AvgIpc) is 1.62. The van der Waals surface area contributed by atoms with E-state index in [4.69, 9.17) is 11.5 Å². The topological polar surface area (TPSA) is 52.0 Å². The number of hydrogen-bond donors (Lipinski definition) is 2. The second-order valence-corrected chi connectivity index (χ2v) is 2.84. The van der Waals surface area contributed by atoms with Gasteiger partial charge < -0.3 is 11.5 Å². The van der Waals surface area contributed by atoms with E-state index in [-0.39, 0.29) is 36.4 Å². The van der Waals surface area contributed by atoms with Crippen molar-refractivity contribution in [2.75, 3.05) is 0 Å². The first-order valence-electron chi connectivity index (χ1n) is 3.03. The Kier molecular flexibility index (Phi) is 10.5. The summed E-state index contributed by atoms with van der Waals surface area (Å²) in [7, 11) is 0. The van der Waals surface area contributed by atoms with Crippen molar-refractivity contribution in [3.05, 3.63) is 0 Å². The summed E-state index contributed by atoms with van der Waals surface area (Å²) in [4.78, 5) is 0. The Morgan fingerprint density at radius 3 is 1.60 bits per heavy atom. The molecule has 0 heterocycles. The lowest BCUT2D eigenvalue weighted by Gasteiger charge is -2.25. The summed E-state index contributed by atoms with van der Waals surface area (Å²) < 4.78 is 0. The van der Waals surface area contributed by atoms with Crippen LogP contribution in [0.3, 0.4) is 0 Å². The summed E-state index contributed by atoms with van der Waals surface area (Å²) in [6, 6.07) is 0.127. The summed E-state index contributed by atoms with van der Waals surface area (Å²) >= 11 is 0. The number of hydrogen-bond acceptors (Lipinski definition) is 2. The Bertz CT molecular complexity index is 70.6. The first-order chi connectivity index (χ1) is 3.48. The predicted octanol–water partition coefficient (Wildman–Crippen LogP) is 1.30. The van der Waals surface area contributed by atoms with Crippen molar-refractivity contribution < 1.29 is 0 Å². The van der Waals surface area contributed by atoms with E-state index >= 15 is 0 Å². The van der Waals surface area contributed by atoms with Crippen LogP contribution in [0, 0.1) is 0 Å². The van der Waals surface area contributed by atoms with Gasteiger partial charge in [-0.15, -0.1) is 24.8 Å². The molecule has 0 aromatic carbocycles. The molecule has 2 nitrogen and oxygen atoms in total. The molecular weight excluding hydrogens is 171 g/mol. The minimum Gasteiger partial charge on any atom is -0.326 e. The van der Waals surface area contributed by atoms with E-state index in [2.05, 4.69) is 0 Å². The third kappa shape index (κ3) is 6.62. The highest BCUT2D eigenvalue weighted by atomic mass is 35.5. The maximum Gasteiger partial charge on any atom is 0.0250 e. The molecule has 0 aliphatic carbocycles. The smallest absolute Gasteiger partial charge is 0.0250 e. The SMILES string of the molecule is CCC(N)C(C)(C)N.Cl.Cl. The van der Waals surface area contributed by atoms with Crippen LogP contribution in [0.1, 0.15) is 27.2 Å². The van der Waals surface area contributed by atoms with E-state index in [1.807, 2.05) is 20.8 Å². The first kappa shape index (κ1) is 16.8. The number of rotatable bonds is 2. The van der Waals surface area contributed by atoms with Gasteiger partial charge in [-0.3, -0.25) is 0 Å². The summed E-state index contributed by atoms with van der Waals surface area (Å²) in [5, 5.41) is 0. The zero-order chi connectivity index (χ0) is 6.78. The van der Waals surface area contributed by atoms with Crippen LogP contribution in [-0.2, 0) is 0 Å². The van der Waals surface area contributed by atoms with E-state index in [9.17, 15) is 0 Å². The lowest BCUT2D eigenvalue weighted by Crippen LogP contribution is -2.49. The molecule has 0 rings (SSSR count). The van der Waals surface area contributed by atoms with Gasteiger partial charge in [0.2, 0.25) is 0 Å². The number of halogens is 2. The van der Waals surface area contributed by atoms with Crippen molar-refractivity contribution in [2.24, 2.45) is 11.5 Å². The second kappa shape index (κ2) is 6.23. The van der Waals surface area contributed by atoms with E-state index in [1.54, 1.807) is 0 Å². The van der Waals surface area contributed by atoms with Crippen molar-refractivity contribution >= 4 is 24.8 Å². The fourth-order valence-electron chi connectivity index (χ4n) is 0.526. The highest BCUT2D eigenvalue weighted by Gasteiger charge is 2.18. The summed E-state index contributed by atoms with van der Waals surface area (Å²) in [5.74, 6) is 0. The fraction of sp³-hybridized carbons (Fsp3) is 1.00. The van der Waals surface area contributed by atoms with Crippen molar-refractivity contribution in [2.45, 2.75) is 38.8 Å². The van der Waals surface area contributed by atoms with Crippen LogP contribution in [0.4, 0.5) is 0 Å². The molecule has 0 saturated heterocycles. The maximum absolute atomic E-state index is 5.66. The molecule has 0 aliphatic rings. The lowest BCUT2D eigenvalue weighted by atomic mass is 9.95. The standard InChI is InChI=1S/C6H16N2.2ClH/c1-4-5(7)6(2,3)8;;/h5H,4,7-8H2,1-3H3;2*1H. The Balaban J connectivity index is -0.000000245. The third-order valence-corrected chi connectivity index (χ3v) is 1.40. The molecule has 0 radical (unpaired) electrons. The minimum absolute atomic E-state index is 0. The monoisotopic (exact) mass is 188 g/mol. The molecule has 66 valence electrons. The molecule has 1 unspecified atom stereocenters. The highest BCUT2D eigenvalue weighted by molar-refractivity contribution is 5.85. The van der Waals surface area contributed by atoms with E-state index in [0.29, 0.717) is 0 Å². The van der Waals surface area contributed by atoms with E-state index < -0.39 is 0 Å². The van der Waals surface area contributed by atoms with Crippen LogP contribution in [0.15, 0.2) is 0 Å². The van der Waals surface area contributed by atoms with Gasteiger partial charge >= 0.3 is 0 Å². The molecule has 0 amide bonds. The molecule has 0 bridgehead atoms. The van der Waals surface area contributed by atoms with Gasteiger partial charge in [-0.25, -0.2) is 0 Å². The molecule has 0 aromatic rings. The molecule has 0 fully saturated rings. The van der Waals surface area contributed by atoms with Gasteiger partial charge in [0.15, 0.2) is 0 Å². The van der Waals surface area contributed by atoms with Gasteiger partial charge in [-0.2, -0.15) is 0 Å². The molecule has 0 aliphatic heterocycles. The van der Waals surface area contributed by atoms with Crippen LogP contribution in [-0.4, -0.2) is 11.6 Å². The molecule has 0 spiro atoms. The largest absolute Gasteiger partial charge is 0.326 e. The molecule has 4 N–H and O–H groups in total. The van der Waals surface area contributed by atoms with Crippen LogP contribution in [0.2, 0.25) is 0 Å². The zero-order valence-electron chi connectivity index (χ0n) is 6.76.